The third kappa shape index (κ3) is 4.31. The van der Waals surface area contributed by atoms with E-state index < -0.39 is 11.2 Å². The van der Waals surface area contributed by atoms with Gasteiger partial charge in [-0.05, 0) is 73.3 Å². The van der Waals surface area contributed by atoms with Crippen molar-refractivity contribution in [2.24, 2.45) is 5.92 Å². The van der Waals surface area contributed by atoms with Crippen molar-refractivity contribution in [3.63, 3.8) is 0 Å². The van der Waals surface area contributed by atoms with Gasteiger partial charge in [-0.1, -0.05) is 19.9 Å². The number of ether oxygens (including phenoxy) is 1. The van der Waals surface area contributed by atoms with Crippen molar-refractivity contribution < 1.29 is 13.7 Å². The highest BCUT2D eigenvalue weighted by molar-refractivity contribution is 7.92. The van der Waals surface area contributed by atoms with Crippen LogP contribution in [0.4, 0.5) is 4.39 Å². The Balaban J connectivity index is 2.60. The summed E-state index contributed by atoms with van der Waals surface area (Å²) in [4.78, 5) is 0.690. The molecule has 0 radical (unpaired) electrons. The summed E-state index contributed by atoms with van der Waals surface area (Å²) in [7, 11) is 1.55. The average molecular weight is 348 g/mol. The molecule has 0 saturated heterocycles. The van der Waals surface area contributed by atoms with Crippen LogP contribution in [0, 0.1) is 11.7 Å². The van der Waals surface area contributed by atoms with E-state index in [1.165, 1.54) is 6.07 Å². The highest BCUT2D eigenvalue weighted by Crippen LogP contribution is 2.34. The largest absolute Gasteiger partial charge is 0.611 e. The second-order valence-electron chi connectivity index (χ2n) is 6.62. The van der Waals surface area contributed by atoms with Crippen molar-refractivity contribution in [3.8, 4) is 16.9 Å². The zero-order valence-corrected chi connectivity index (χ0v) is 15.7. The van der Waals surface area contributed by atoms with Gasteiger partial charge in [-0.3, -0.25) is 0 Å². The molecule has 0 fully saturated rings. The van der Waals surface area contributed by atoms with Gasteiger partial charge in [0.15, 0.2) is 4.90 Å². The topological polar surface area (TPSA) is 32.3 Å². The molecule has 0 spiro atoms. The maximum absolute atomic E-state index is 14.4. The molecule has 0 aliphatic carbocycles. The minimum Gasteiger partial charge on any atom is -0.611 e. The van der Waals surface area contributed by atoms with Crippen molar-refractivity contribution in [3.05, 3.63) is 47.8 Å². The molecule has 4 heteroatoms. The SMILES string of the molecule is COc1ccc(F)c(-c2ccc(CC(C)C)cc2[S+]([O-])C(C)C)c1. The van der Waals surface area contributed by atoms with Crippen LogP contribution >= 0.6 is 0 Å². The van der Waals surface area contributed by atoms with E-state index in [0.717, 1.165) is 12.0 Å². The first-order chi connectivity index (χ1) is 11.3. The summed E-state index contributed by atoms with van der Waals surface area (Å²) in [6, 6.07) is 10.5. The van der Waals surface area contributed by atoms with E-state index in [0.29, 0.717) is 27.7 Å². The van der Waals surface area contributed by atoms with Crippen LogP contribution in [0.1, 0.15) is 33.3 Å². The second-order valence-corrected chi connectivity index (χ2v) is 8.60. The molecule has 24 heavy (non-hydrogen) atoms. The maximum Gasteiger partial charge on any atom is 0.161 e. The predicted molar refractivity (Wildman–Crippen MR) is 98.5 cm³/mol. The number of hydrogen-bond acceptors (Lipinski definition) is 2. The van der Waals surface area contributed by atoms with Gasteiger partial charge in [-0.2, -0.15) is 0 Å². The minimum atomic E-state index is -1.20. The lowest BCUT2D eigenvalue weighted by Gasteiger charge is -2.19. The van der Waals surface area contributed by atoms with Crippen LogP contribution in [0.5, 0.6) is 5.75 Å². The Labute approximate surface area is 147 Å². The quantitative estimate of drug-likeness (QED) is 0.671. The molecular weight excluding hydrogens is 323 g/mol. The van der Waals surface area contributed by atoms with Crippen LogP contribution in [-0.2, 0) is 17.6 Å². The molecular formula is C20H25FO2S. The first kappa shape index (κ1) is 18.8. The van der Waals surface area contributed by atoms with E-state index >= 15 is 0 Å². The van der Waals surface area contributed by atoms with E-state index in [9.17, 15) is 8.94 Å². The third-order valence-electron chi connectivity index (χ3n) is 3.80. The Morgan fingerprint density at radius 1 is 1.04 bits per heavy atom. The molecule has 0 heterocycles. The molecule has 0 N–H and O–H groups in total. The van der Waals surface area contributed by atoms with Gasteiger partial charge in [0, 0.05) is 11.1 Å². The van der Waals surface area contributed by atoms with Gasteiger partial charge < -0.3 is 9.29 Å². The molecule has 2 rings (SSSR count). The number of methoxy groups -OCH3 is 1. The standard InChI is InChI=1S/C20H25FO2S/c1-13(2)10-15-6-8-17(20(11-15)24(22)14(3)4)18-12-16(23-5)7-9-19(18)21/h6-9,11-14H,10H2,1-5H3. The van der Waals surface area contributed by atoms with Crippen LogP contribution in [0.3, 0.4) is 0 Å². The van der Waals surface area contributed by atoms with Crippen molar-refractivity contribution >= 4 is 11.2 Å². The Morgan fingerprint density at radius 2 is 1.75 bits per heavy atom. The fraction of sp³-hybridized carbons (Fsp3) is 0.400. The first-order valence-electron chi connectivity index (χ1n) is 8.21. The highest BCUT2D eigenvalue weighted by Gasteiger charge is 2.23. The van der Waals surface area contributed by atoms with Crippen LogP contribution in [0.25, 0.3) is 11.1 Å². The van der Waals surface area contributed by atoms with Crippen LogP contribution in [0.2, 0.25) is 0 Å². The number of rotatable bonds is 6. The summed E-state index contributed by atoms with van der Waals surface area (Å²) < 4.78 is 32.4. The van der Waals surface area contributed by atoms with E-state index in [1.807, 2.05) is 32.0 Å². The molecule has 130 valence electrons. The minimum absolute atomic E-state index is 0.0354. The van der Waals surface area contributed by atoms with Crippen molar-refractivity contribution in [2.75, 3.05) is 7.11 Å². The van der Waals surface area contributed by atoms with Gasteiger partial charge in [-0.25, -0.2) is 4.39 Å². The molecule has 0 aliphatic rings. The lowest BCUT2D eigenvalue weighted by molar-refractivity contribution is 0.414. The van der Waals surface area contributed by atoms with Gasteiger partial charge in [-0.15, -0.1) is 0 Å². The number of hydrogen-bond donors (Lipinski definition) is 0. The van der Waals surface area contributed by atoms with E-state index in [-0.39, 0.29) is 11.1 Å². The predicted octanol–water partition coefficient (Wildman–Crippen LogP) is 5.22. The Hall–Kier alpha value is -1.52. The Bertz CT molecular complexity index is 698. The fourth-order valence-corrected chi connectivity index (χ4v) is 3.82. The van der Waals surface area contributed by atoms with Gasteiger partial charge >= 0.3 is 0 Å². The highest BCUT2D eigenvalue weighted by atomic mass is 32.2. The Morgan fingerprint density at radius 3 is 2.33 bits per heavy atom. The molecule has 0 aliphatic heterocycles. The summed E-state index contributed by atoms with van der Waals surface area (Å²) in [5.41, 5.74) is 2.22. The number of benzene rings is 2. The summed E-state index contributed by atoms with van der Waals surface area (Å²) in [6.45, 7) is 8.12. The van der Waals surface area contributed by atoms with Crippen molar-refractivity contribution in [1.82, 2.24) is 0 Å². The third-order valence-corrected chi connectivity index (χ3v) is 5.43. The normalized spacial score (nSPS) is 12.7. The van der Waals surface area contributed by atoms with Crippen LogP contribution < -0.4 is 4.74 Å². The zero-order valence-electron chi connectivity index (χ0n) is 14.9. The van der Waals surface area contributed by atoms with Gasteiger partial charge in [0.05, 0.1) is 7.11 Å². The second kappa shape index (κ2) is 8.04. The zero-order chi connectivity index (χ0) is 17.9. The fourth-order valence-electron chi connectivity index (χ4n) is 2.65. The molecule has 0 aromatic heterocycles. The van der Waals surface area contributed by atoms with Gasteiger partial charge in [0.25, 0.3) is 0 Å². The van der Waals surface area contributed by atoms with Crippen LogP contribution in [-0.4, -0.2) is 16.9 Å². The average Bonchev–Trinajstić information content (AvgIpc) is 2.54. The lowest BCUT2D eigenvalue weighted by Crippen LogP contribution is -2.16. The summed E-state index contributed by atoms with van der Waals surface area (Å²) in [6.07, 6.45) is 0.906. The summed E-state index contributed by atoms with van der Waals surface area (Å²) in [5, 5.41) is -0.0354. The summed E-state index contributed by atoms with van der Waals surface area (Å²) in [5.74, 6) is 0.748. The molecule has 2 aromatic rings. The first-order valence-corrected chi connectivity index (χ1v) is 9.42. The molecule has 1 unspecified atom stereocenters. The monoisotopic (exact) mass is 348 g/mol. The molecule has 1 atom stereocenters. The van der Waals surface area contributed by atoms with Crippen LogP contribution in [0.15, 0.2) is 41.3 Å². The lowest BCUT2D eigenvalue weighted by atomic mass is 9.98. The maximum atomic E-state index is 14.4. The van der Waals surface area contributed by atoms with E-state index in [4.69, 9.17) is 4.74 Å². The Kier molecular flexibility index (Phi) is 6.30. The van der Waals surface area contributed by atoms with Crippen molar-refractivity contribution in [2.45, 2.75) is 44.3 Å². The molecule has 2 aromatic carbocycles. The molecule has 2 nitrogen and oxygen atoms in total. The van der Waals surface area contributed by atoms with Gasteiger partial charge in [0.2, 0.25) is 0 Å². The summed E-state index contributed by atoms with van der Waals surface area (Å²) >= 11 is -1.20. The number of halogens is 1. The van der Waals surface area contributed by atoms with Gasteiger partial charge in [0.1, 0.15) is 16.8 Å². The molecule has 0 bridgehead atoms. The molecule has 0 saturated carbocycles. The van der Waals surface area contributed by atoms with E-state index in [1.54, 1.807) is 19.2 Å². The smallest absolute Gasteiger partial charge is 0.161 e. The van der Waals surface area contributed by atoms with E-state index in [2.05, 4.69) is 13.8 Å². The molecule has 0 amide bonds. The van der Waals surface area contributed by atoms with Crippen molar-refractivity contribution in [1.29, 1.82) is 0 Å².